The van der Waals surface area contributed by atoms with Crippen LogP contribution >= 0.6 is 0 Å². The minimum atomic E-state index is -4.71. The van der Waals surface area contributed by atoms with Crippen molar-refractivity contribution in [2.75, 3.05) is 36.9 Å². The van der Waals surface area contributed by atoms with Crippen molar-refractivity contribution in [1.82, 2.24) is 20.3 Å². The molecule has 2 aliphatic heterocycles. The van der Waals surface area contributed by atoms with Crippen LogP contribution in [0, 0.1) is 5.41 Å². The van der Waals surface area contributed by atoms with Crippen molar-refractivity contribution < 1.29 is 27.4 Å². The molecular weight excluding hydrogens is 573 g/mol. The molecule has 0 saturated carbocycles. The average molecular weight is 607 g/mol. The first kappa shape index (κ1) is 29.6. The first-order chi connectivity index (χ1) is 21.1. The van der Waals surface area contributed by atoms with Crippen molar-refractivity contribution in [3.63, 3.8) is 0 Å². The molecule has 2 saturated heterocycles. The van der Waals surface area contributed by atoms with Crippen molar-refractivity contribution in [3.8, 4) is 17.0 Å². The van der Waals surface area contributed by atoms with Crippen LogP contribution < -0.4 is 20.7 Å². The van der Waals surface area contributed by atoms with Gasteiger partial charge in [0.1, 0.15) is 11.9 Å². The lowest BCUT2D eigenvalue weighted by Crippen LogP contribution is -2.41. The molecule has 2 atom stereocenters. The molecule has 9 nitrogen and oxygen atoms in total. The summed E-state index contributed by atoms with van der Waals surface area (Å²) in [5, 5.41) is 4.22. The number of hydrogen-bond donors (Lipinski definition) is 2. The molecule has 2 aromatic carbocycles. The second-order valence-corrected chi connectivity index (χ2v) is 11.4. The molecule has 6 rings (SSSR count). The number of rotatable bonds is 7. The number of ether oxygens (including phenoxy) is 2. The first-order valence-electron chi connectivity index (χ1n) is 14.6. The molecule has 0 bridgehead atoms. The van der Waals surface area contributed by atoms with Gasteiger partial charge in [-0.3, -0.25) is 9.78 Å². The van der Waals surface area contributed by atoms with Gasteiger partial charge in [0.25, 0.3) is 0 Å². The largest absolute Gasteiger partial charge is 0.465 e. The fourth-order valence-corrected chi connectivity index (χ4v) is 6.12. The Bertz CT molecular complexity index is 1640. The second-order valence-electron chi connectivity index (χ2n) is 11.4. The predicted octanol–water partition coefficient (Wildman–Crippen LogP) is 5.47. The number of carbonyl (C=O) groups excluding carboxylic acids is 1. The summed E-state index contributed by atoms with van der Waals surface area (Å²) in [6, 6.07) is 16.7. The number of nitrogen functional groups attached to an aromatic ring is 1. The van der Waals surface area contributed by atoms with Crippen LogP contribution in [0.2, 0.25) is 0 Å². The standard InChI is InChI=1S/C32H33F3N6O3/c1-2-43-29(42)25-18-31(19-38-25)11-14-41(15-12-31)26-17-27(40-30(36)39-26)44-28(32(33,34)35)21-7-5-20(6-8-21)22-9-10-24-23(16-22)4-3-13-37-24/h3-10,13,16-17,25,28,38H,2,11-12,14-15,18-19H2,1H3,(H2,36,39,40)/t25-,28+/m0/s1. The molecule has 230 valence electrons. The van der Waals surface area contributed by atoms with E-state index in [2.05, 4.69) is 20.3 Å². The lowest BCUT2D eigenvalue weighted by atomic mass is 9.76. The van der Waals surface area contributed by atoms with Gasteiger partial charge in [-0.15, -0.1) is 0 Å². The van der Waals surface area contributed by atoms with Gasteiger partial charge in [0.05, 0.1) is 12.1 Å². The number of fused-ring (bicyclic) bond motifs is 1. The van der Waals surface area contributed by atoms with E-state index in [4.69, 9.17) is 15.2 Å². The highest BCUT2D eigenvalue weighted by Gasteiger charge is 2.45. The summed E-state index contributed by atoms with van der Waals surface area (Å²) in [7, 11) is 0. The van der Waals surface area contributed by atoms with E-state index < -0.39 is 12.3 Å². The zero-order valence-electron chi connectivity index (χ0n) is 24.2. The van der Waals surface area contributed by atoms with Crippen LogP contribution in [-0.2, 0) is 9.53 Å². The number of pyridine rings is 1. The molecule has 12 heteroatoms. The molecule has 1 spiro atoms. The van der Waals surface area contributed by atoms with Crippen LogP contribution in [0.15, 0.2) is 66.9 Å². The highest BCUT2D eigenvalue weighted by atomic mass is 19.4. The highest BCUT2D eigenvalue weighted by Crippen LogP contribution is 2.42. The van der Waals surface area contributed by atoms with Gasteiger partial charge in [0.2, 0.25) is 17.9 Å². The summed E-state index contributed by atoms with van der Waals surface area (Å²) >= 11 is 0. The summed E-state index contributed by atoms with van der Waals surface area (Å²) in [5.41, 5.74) is 8.29. The minimum Gasteiger partial charge on any atom is -0.465 e. The van der Waals surface area contributed by atoms with E-state index in [1.807, 2.05) is 35.2 Å². The summed E-state index contributed by atoms with van der Waals surface area (Å²) in [5.74, 6) is -0.273. The van der Waals surface area contributed by atoms with E-state index in [-0.39, 0.29) is 34.8 Å². The predicted molar refractivity (Wildman–Crippen MR) is 160 cm³/mol. The Morgan fingerprint density at radius 2 is 1.84 bits per heavy atom. The molecular formula is C32H33F3N6O3. The number of benzene rings is 2. The molecule has 44 heavy (non-hydrogen) atoms. The van der Waals surface area contributed by atoms with Gasteiger partial charge in [-0.05, 0) is 60.9 Å². The van der Waals surface area contributed by atoms with Crippen LogP contribution in [0.4, 0.5) is 24.9 Å². The number of anilines is 2. The van der Waals surface area contributed by atoms with Gasteiger partial charge >= 0.3 is 12.1 Å². The number of aromatic nitrogens is 3. The normalized spacial score (nSPS) is 18.8. The van der Waals surface area contributed by atoms with Crippen molar-refractivity contribution in [1.29, 1.82) is 0 Å². The summed E-state index contributed by atoms with van der Waals surface area (Å²) < 4.78 is 53.5. The van der Waals surface area contributed by atoms with Gasteiger partial charge in [0.15, 0.2) is 0 Å². The maximum atomic E-state index is 14.3. The van der Waals surface area contributed by atoms with Crippen molar-refractivity contribution >= 4 is 28.6 Å². The molecule has 0 amide bonds. The number of alkyl halides is 3. The van der Waals surface area contributed by atoms with E-state index in [0.717, 1.165) is 34.9 Å². The molecule has 0 unspecified atom stereocenters. The molecule has 2 aliphatic rings. The zero-order chi connectivity index (χ0) is 30.9. The van der Waals surface area contributed by atoms with Crippen molar-refractivity contribution in [3.05, 3.63) is 72.4 Å². The van der Waals surface area contributed by atoms with Gasteiger partial charge in [-0.2, -0.15) is 23.1 Å². The van der Waals surface area contributed by atoms with Crippen LogP contribution in [-0.4, -0.2) is 59.4 Å². The second kappa shape index (κ2) is 11.9. The fourth-order valence-electron chi connectivity index (χ4n) is 6.12. The Kier molecular flexibility index (Phi) is 8.02. The maximum Gasteiger partial charge on any atom is 0.429 e. The number of carbonyl (C=O) groups is 1. The third-order valence-corrected chi connectivity index (χ3v) is 8.47. The van der Waals surface area contributed by atoms with E-state index in [0.29, 0.717) is 38.5 Å². The SMILES string of the molecule is CCOC(=O)[C@@H]1CC2(CCN(c3cc(O[C@H](c4ccc(-c5ccc6ncccc6c5)cc4)C(F)(F)F)nc(N)n3)CC2)CN1. The molecule has 0 radical (unpaired) electrons. The molecule has 0 aliphatic carbocycles. The van der Waals surface area contributed by atoms with Crippen molar-refractivity contribution in [2.45, 2.75) is 44.5 Å². The van der Waals surface area contributed by atoms with Gasteiger partial charge in [-0.1, -0.05) is 36.4 Å². The van der Waals surface area contributed by atoms with E-state index in [1.54, 1.807) is 25.3 Å². The van der Waals surface area contributed by atoms with Gasteiger partial charge in [-0.25, -0.2) is 0 Å². The summed E-state index contributed by atoms with van der Waals surface area (Å²) in [6.07, 6.45) is -3.01. The smallest absolute Gasteiger partial charge is 0.429 e. The monoisotopic (exact) mass is 606 g/mol. The molecule has 4 aromatic rings. The quantitative estimate of drug-likeness (QED) is 0.264. The van der Waals surface area contributed by atoms with Crippen LogP contribution in [0.3, 0.4) is 0 Å². The first-order valence-corrected chi connectivity index (χ1v) is 14.6. The van der Waals surface area contributed by atoms with Gasteiger partial charge < -0.3 is 25.4 Å². The number of halogens is 3. The number of nitrogens with zero attached hydrogens (tertiary/aromatic N) is 4. The molecule has 2 fully saturated rings. The number of piperidine rings is 1. The molecule has 4 heterocycles. The minimum absolute atomic E-state index is 0.0525. The summed E-state index contributed by atoms with van der Waals surface area (Å²) in [6.45, 7) is 4.02. The Balaban J connectivity index is 1.16. The zero-order valence-corrected chi connectivity index (χ0v) is 24.2. The van der Waals surface area contributed by atoms with E-state index >= 15 is 0 Å². The molecule has 2 aromatic heterocycles. The van der Waals surface area contributed by atoms with Crippen LogP contribution in [0.25, 0.3) is 22.0 Å². The Hall–Kier alpha value is -4.45. The third-order valence-electron chi connectivity index (χ3n) is 8.47. The number of esters is 1. The molecule has 3 N–H and O–H groups in total. The van der Waals surface area contributed by atoms with E-state index in [1.165, 1.54) is 18.2 Å². The summed E-state index contributed by atoms with van der Waals surface area (Å²) in [4.78, 5) is 26.7. The lowest BCUT2D eigenvalue weighted by molar-refractivity contribution is -0.198. The fraction of sp³-hybridized carbons (Fsp3) is 0.375. The van der Waals surface area contributed by atoms with Crippen molar-refractivity contribution in [2.24, 2.45) is 5.41 Å². The number of nitrogens with two attached hydrogens (primary N) is 1. The van der Waals surface area contributed by atoms with E-state index in [9.17, 15) is 18.0 Å². The number of nitrogens with one attached hydrogen (secondary N) is 1. The lowest BCUT2D eigenvalue weighted by Gasteiger charge is -2.39. The number of hydrogen-bond acceptors (Lipinski definition) is 9. The maximum absolute atomic E-state index is 14.3. The topological polar surface area (TPSA) is 115 Å². The average Bonchev–Trinajstić information content (AvgIpc) is 3.43. The Morgan fingerprint density at radius 1 is 1.09 bits per heavy atom. The highest BCUT2D eigenvalue weighted by molar-refractivity contribution is 5.84. The van der Waals surface area contributed by atoms with Crippen LogP contribution in [0.5, 0.6) is 5.88 Å². The van der Waals surface area contributed by atoms with Gasteiger partial charge in [0, 0.05) is 42.8 Å². The van der Waals surface area contributed by atoms with Crippen LogP contribution in [0.1, 0.15) is 37.9 Å². The Labute approximate surface area is 252 Å². The Morgan fingerprint density at radius 3 is 2.57 bits per heavy atom. The third kappa shape index (κ3) is 6.26.